The molecule has 0 unspecified atom stereocenters. The van der Waals surface area contributed by atoms with Crippen molar-refractivity contribution in [1.29, 1.82) is 0 Å². The summed E-state index contributed by atoms with van der Waals surface area (Å²) in [5.41, 5.74) is 1.16. The summed E-state index contributed by atoms with van der Waals surface area (Å²) in [5.74, 6) is 0. The van der Waals surface area contributed by atoms with Gasteiger partial charge in [0.05, 0.1) is 10.0 Å². The highest BCUT2D eigenvalue weighted by atomic mass is 35.5. The highest BCUT2D eigenvalue weighted by molar-refractivity contribution is 6.42. The van der Waals surface area contributed by atoms with Crippen LogP contribution in [0.25, 0.3) is 0 Å². The zero-order valence-electron chi connectivity index (χ0n) is 9.26. The van der Waals surface area contributed by atoms with Crippen LogP contribution in [0.2, 0.25) is 10.0 Å². The van der Waals surface area contributed by atoms with Crippen LogP contribution in [0.5, 0.6) is 0 Å². The molecule has 3 heteroatoms. The monoisotopic (exact) mass is 245 g/mol. The lowest BCUT2D eigenvalue weighted by atomic mass is 10.2. The molecule has 0 saturated carbocycles. The number of nitrogens with zero attached hydrogens (tertiary/aromatic N) is 1. The fourth-order valence-electron chi connectivity index (χ4n) is 1.59. The van der Waals surface area contributed by atoms with Crippen molar-refractivity contribution >= 4 is 28.9 Å². The molecule has 0 aliphatic rings. The molecular formula is C12H17Cl2N. The van der Waals surface area contributed by atoms with Crippen LogP contribution in [0.4, 0.5) is 5.69 Å². The summed E-state index contributed by atoms with van der Waals surface area (Å²) in [6.45, 7) is 6.48. The SMILES string of the molecule is CCCN(CCC)c1ccc(Cl)c(Cl)c1. The molecule has 0 aliphatic carbocycles. The van der Waals surface area contributed by atoms with Gasteiger partial charge < -0.3 is 4.90 Å². The fraction of sp³-hybridized carbons (Fsp3) is 0.500. The lowest BCUT2D eigenvalue weighted by Crippen LogP contribution is -2.24. The summed E-state index contributed by atoms with van der Waals surface area (Å²) in [6.07, 6.45) is 2.28. The van der Waals surface area contributed by atoms with E-state index in [4.69, 9.17) is 23.2 Å². The van der Waals surface area contributed by atoms with E-state index >= 15 is 0 Å². The first-order chi connectivity index (χ1) is 7.19. The summed E-state index contributed by atoms with van der Waals surface area (Å²) in [5, 5.41) is 1.25. The van der Waals surface area contributed by atoms with Crippen molar-refractivity contribution in [3.8, 4) is 0 Å². The van der Waals surface area contributed by atoms with E-state index in [1.54, 1.807) is 0 Å². The standard InChI is InChI=1S/C12H17Cl2N/c1-3-7-15(8-4-2)10-5-6-11(13)12(14)9-10/h5-6,9H,3-4,7-8H2,1-2H3. The van der Waals surface area contributed by atoms with Gasteiger partial charge in [-0.2, -0.15) is 0 Å². The van der Waals surface area contributed by atoms with Gasteiger partial charge in [0, 0.05) is 18.8 Å². The van der Waals surface area contributed by atoms with Crippen molar-refractivity contribution in [2.24, 2.45) is 0 Å². The van der Waals surface area contributed by atoms with E-state index in [0.29, 0.717) is 10.0 Å². The Balaban J connectivity index is 2.85. The van der Waals surface area contributed by atoms with Gasteiger partial charge in [-0.1, -0.05) is 37.0 Å². The second-order valence-corrected chi connectivity index (χ2v) is 4.40. The number of hydrogen-bond acceptors (Lipinski definition) is 1. The highest BCUT2D eigenvalue weighted by Crippen LogP contribution is 2.27. The van der Waals surface area contributed by atoms with Crippen molar-refractivity contribution in [3.63, 3.8) is 0 Å². The van der Waals surface area contributed by atoms with Crippen LogP contribution in [0.15, 0.2) is 18.2 Å². The lowest BCUT2D eigenvalue weighted by Gasteiger charge is -2.24. The Hall–Kier alpha value is -0.400. The first-order valence-electron chi connectivity index (χ1n) is 5.39. The van der Waals surface area contributed by atoms with Crippen LogP contribution in [0.1, 0.15) is 26.7 Å². The Labute approximate surface area is 102 Å². The molecule has 1 aromatic carbocycles. The summed E-state index contributed by atoms with van der Waals surface area (Å²) in [4.78, 5) is 2.34. The predicted octanol–water partition coefficient (Wildman–Crippen LogP) is 4.62. The van der Waals surface area contributed by atoms with E-state index in [0.717, 1.165) is 31.6 Å². The fourth-order valence-corrected chi connectivity index (χ4v) is 1.88. The molecule has 0 heterocycles. The van der Waals surface area contributed by atoms with Crippen LogP contribution in [-0.4, -0.2) is 13.1 Å². The Bertz CT molecular complexity index is 306. The molecule has 0 amide bonds. The minimum absolute atomic E-state index is 0.619. The first kappa shape index (κ1) is 12.7. The summed E-state index contributed by atoms with van der Waals surface area (Å²) >= 11 is 11.9. The topological polar surface area (TPSA) is 3.24 Å². The summed E-state index contributed by atoms with van der Waals surface area (Å²) in [7, 11) is 0. The predicted molar refractivity (Wildman–Crippen MR) is 69.3 cm³/mol. The van der Waals surface area contributed by atoms with Crippen molar-refractivity contribution in [2.45, 2.75) is 26.7 Å². The molecule has 1 rings (SSSR count). The van der Waals surface area contributed by atoms with E-state index in [9.17, 15) is 0 Å². The smallest absolute Gasteiger partial charge is 0.0612 e. The maximum Gasteiger partial charge on any atom is 0.0612 e. The van der Waals surface area contributed by atoms with E-state index in [1.807, 2.05) is 18.2 Å². The molecule has 0 saturated heterocycles. The van der Waals surface area contributed by atoms with Gasteiger partial charge in [-0.3, -0.25) is 0 Å². The van der Waals surface area contributed by atoms with E-state index < -0.39 is 0 Å². The molecule has 0 fully saturated rings. The lowest BCUT2D eigenvalue weighted by molar-refractivity contribution is 0.745. The third-order valence-corrected chi connectivity index (χ3v) is 2.99. The maximum atomic E-state index is 6.00. The van der Waals surface area contributed by atoms with Crippen LogP contribution in [0, 0.1) is 0 Å². The molecule has 0 spiro atoms. The van der Waals surface area contributed by atoms with Crippen LogP contribution in [0.3, 0.4) is 0 Å². The number of rotatable bonds is 5. The Morgan fingerprint density at radius 1 is 1.00 bits per heavy atom. The Morgan fingerprint density at radius 2 is 1.60 bits per heavy atom. The van der Waals surface area contributed by atoms with Gasteiger partial charge in [0.2, 0.25) is 0 Å². The molecule has 0 N–H and O–H groups in total. The van der Waals surface area contributed by atoms with Crippen LogP contribution < -0.4 is 4.90 Å². The van der Waals surface area contributed by atoms with E-state index in [-0.39, 0.29) is 0 Å². The highest BCUT2D eigenvalue weighted by Gasteiger charge is 2.06. The number of anilines is 1. The minimum atomic E-state index is 0.619. The molecule has 0 atom stereocenters. The molecule has 1 aromatic rings. The first-order valence-corrected chi connectivity index (χ1v) is 6.14. The molecule has 15 heavy (non-hydrogen) atoms. The normalized spacial score (nSPS) is 10.4. The summed E-state index contributed by atoms with van der Waals surface area (Å²) < 4.78 is 0. The van der Waals surface area contributed by atoms with Gasteiger partial charge in [-0.05, 0) is 31.0 Å². The third-order valence-electron chi connectivity index (χ3n) is 2.26. The van der Waals surface area contributed by atoms with Gasteiger partial charge in [-0.15, -0.1) is 0 Å². The summed E-state index contributed by atoms with van der Waals surface area (Å²) in [6, 6.07) is 5.83. The molecular weight excluding hydrogens is 229 g/mol. The zero-order chi connectivity index (χ0) is 11.3. The Kier molecular flexibility index (Phi) is 5.27. The molecule has 84 valence electrons. The quantitative estimate of drug-likeness (QED) is 0.732. The molecule has 1 nitrogen and oxygen atoms in total. The number of benzene rings is 1. The zero-order valence-corrected chi connectivity index (χ0v) is 10.8. The average molecular weight is 246 g/mol. The van der Waals surface area contributed by atoms with Crippen molar-refractivity contribution < 1.29 is 0 Å². The van der Waals surface area contributed by atoms with Crippen molar-refractivity contribution in [3.05, 3.63) is 28.2 Å². The maximum absolute atomic E-state index is 6.00. The van der Waals surface area contributed by atoms with Crippen molar-refractivity contribution in [2.75, 3.05) is 18.0 Å². The minimum Gasteiger partial charge on any atom is -0.372 e. The second-order valence-electron chi connectivity index (χ2n) is 3.59. The van der Waals surface area contributed by atoms with E-state index in [1.165, 1.54) is 0 Å². The Morgan fingerprint density at radius 3 is 2.07 bits per heavy atom. The third kappa shape index (κ3) is 3.58. The van der Waals surface area contributed by atoms with Gasteiger partial charge in [0.1, 0.15) is 0 Å². The van der Waals surface area contributed by atoms with Gasteiger partial charge >= 0.3 is 0 Å². The molecule has 0 bridgehead atoms. The van der Waals surface area contributed by atoms with Gasteiger partial charge in [0.25, 0.3) is 0 Å². The molecule has 0 radical (unpaired) electrons. The second kappa shape index (κ2) is 6.24. The molecule has 0 aromatic heterocycles. The molecule has 0 aliphatic heterocycles. The van der Waals surface area contributed by atoms with E-state index in [2.05, 4.69) is 18.7 Å². The number of hydrogen-bond donors (Lipinski definition) is 0. The average Bonchev–Trinajstić information content (AvgIpc) is 2.22. The van der Waals surface area contributed by atoms with Crippen LogP contribution in [-0.2, 0) is 0 Å². The van der Waals surface area contributed by atoms with Gasteiger partial charge in [0.15, 0.2) is 0 Å². The van der Waals surface area contributed by atoms with Gasteiger partial charge in [-0.25, -0.2) is 0 Å². The van der Waals surface area contributed by atoms with Crippen LogP contribution >= 0.6 is 23.2 Å². The van der Waals surface area contributed by atoms with Crippen molar-refractivity contribution in [1.82, 2.24) is 0 Å². The largest absolute Gasteiger partial charge is 0.372 e. The number of halogens is 2.